The number of carbonyl (C=O) groups is 3. The molecule has 0 heterocycles. The molecular formula is C35H53F3N2O3. The molecule has 0 spiro atoms. The molecule has 5 nitrogen and oxygen atoms in total. The topological polar surface area (TPSA) is 87.0 Å². The summed E-state index contributed by atoms with van der Waals surface area (Å²) in [5.74, 6) is -1.06. The first-order valence-corrected chi connectivity index (χ1v) is 16.0. The lowest BCUT2D eigenvalue weighted by atomic mass is 9.35. The molecule has 1 N–H and O–H groups in total. The zero-order chi connectivity index (χ0) is 33.0. The fourth-order valence-corrected chi connectivity index (χ4v) is 9.09. The summed E-state index contributed by atoms with van der Waals surface area (Å²) in [5, 5.41) is 12.1. The molecule has 2 fully saturated rings. The van der Waals surface area contributed by atoms with Crippen molar-refractivity contribution in [3.05, 3.63) is 11.6 Å². The van der Waals surface area contributed by atoms with Crippen molar-refractivity contribution in [1.82, 2.24) is 5.32 Å². The third-order valence-corrected chi connectivity index (χ3v) is 13.2. The number of hydrogen-bond acceptors (Lipinski definition) is 4. The van der Waals surface area contributed by atoms with Crippen LogP contribution in [-0.2, 0) is 14.4 Å². The predicted octanol–water partition coefficient (Wildman–Crippen LogP) is 8.38. The first-order valence-electron chi connectivity index (χ1n) is 16.0. The number of fused-ring (bicyclic) bond motifs is 3. The van der Waals surface area contributed by atoms with Gasteiger partial charge in [-0.3, -0.25) is 14.4 Å². The first kappa shape index (κ1) is 35.3. The van der Waals surface area contributed by atoms with Gasteiger partial charge >= 0.3 is 6.18 Å². The van der Waals surface area contributed by atoms with Gasteiger partial charge in [0.15, 0.2) is 5.78 Å². The van der Waals surface area contributed by atoms with Crippen molar-refractivity contribution in [2.45, 2.75) is 127 Å². The van der Waals surface area contributed by atoms with Crippen LogP contribution in [0.25, 0.3) is 0 Å². The van der Waals surface area contributed by atoms with E-state index in [4.69, 9.17) is 0 Å². The number of nitrogens with one attached hydrogen (secondary N) is 1. The summed E-state index contributed by atoms with van der Waals surface area (Å²) in [6, 6.07) is 2.13. The Labute approximate surface area is 256 Å². The normalized spacial score (nSPS) is 35.6. The SMILES string of the molecule is CCC(C)(C)CC[C@@](C)(CC[C@]1(C)C(C)C(=O)C[C@@H]2[C@@]3(C)C=C(C#N)C(=O)C(C)(C)C3CC[C@]21C)C(=O)NCC(F)(F)F. The molecule has 3 rings (SSSR count). The number of hydrogen-bond donors (Lipinski definition) is 1. The van der Waals surface area contributed by atoms with E-state index in [1.54, 1.807) is 6.92 Å². The molecule has 0 aliphatic heterocycles. The van der Waals surface area contributed by atoms with Gasteiger partial charge in [0, 0.05) is 23.2 Å². The molecule has 3 aliphatic rings. The second-order valence-corrected chi connectivity index (χ2v) is 16.3. The highest BCUT2D eigenvalue weighted by Gasteiger charge is 2.67. The fourth-order valence-electron chi connectivity index (χ4n) is 9.09. The molecule has 3 aliphatic carbocycles. The van der Waals surface area contributed by atoms with Gasteiger partial charge in [-0.1, -0.05) is 81.7 Å². The number of ketones is 2. The molecule has 0 aromatic rings. The van der Waals surface area contributed by atoms with E-state index in [1.807, 2.05) is 26.8 Å². The minimum atomic E-state index is -4.50. The Balaban J connectivity index is 2.04. The minimum absolute atomic E-state index is 0.0252. The monoisotopic (exact) mass is 606 g/mol. The lowest BCUT2D eigenvalue weighted by Crippen LogP contribution is -2.64. The van der Waals surface area contributed by atoms with Crippen LogP contribution in [0.5, 0.6) is 0 Å². The van der Waals surface area contributed by atoms with Gasteiger partial charge in [0.05, 0.1) is 5.57 Å². The molecule has 43 heavy (non-hydrogen) atoms. The van der Waals surface area contributed by atoms with Crippen molar-refractivity contribution in [1.29, 1.82) is 5.26 Å². The van der Waals surface area contributed by atoms with Gasteiger partial charge in [-0.2, -0.15) is 18.4 Å². The zero-order valence-electron chi connectivity index (χ0n) is 28.0. The number of amides is 1. The van der Waals surface area contributed by atoms with Crippen LogP contribution in [0, 0.1) is 61.6 Å². The fraction of sp³-hybridized carbons (Fsp3) is 0.829. The van der Waals surface area contributed by atoms with Crippen LogP contribution in [0.15, 0.2) is 11.6 Å². The number of nitriles is 1. The molecule has 2 unspecified atom stereocenters. The van der Waals surface area contributed by atoms with E-state index < -0.39 is 40.3 Å². The summed E-state index contributed by atoms with van der Waals surface area (Å²) >= 11 is 0. The van der Waals surface area contributed by atoms with E-state index in [0.29, 0.717) is 32.1 Å². The Hall–Kier alpha value is -2.17. The molecule has 0 radical (unpaired) electrons. The highest BCUT2D eigenvalue weighted by Crippen LogP contribution is 2.71. The molecular weight excluding hydrogens is 553 g/mol. The summed E-state index contributed by atoms with van der Waals surface area (Å²) in [6.07, 6.45) is 2.13. The van der Waals surface area contributed by atoms with Gasteiger partial charge in [-0.25, -0.2) is 0 Å². The maximum Gasteiger partial charge on any atom is 0.405 e. The highest BCUT2D eigenvalue weighted by molar-refractivity contribution is 6.04. The van der Waals surface area contributed by atoms with Crippen molar-refractivity contribution < 1.29 is 27.6 Å². The van der Waals surface area contributed by atoms with E-state index in [9.17, 15) is 32.8 Å². The Morgan fingerprint density at radius 2 is 1.65 bits per heavy atom. The first-order chi connectivity index (χ1) is 19.4. The van der Waals surface area contributed by atoms with Crippen LogP contribution in [0.2, 0.25) is 0 Å². The van der Waals surface area contributed by atoms with E-state index in [2.05, 4.69) is 52.9 Å². The summed E-state index contributed by atoms with van der Waals surface area (Å²) in [7, 11) is 0. The third-order valence-electron chi connectivity index (χ3n) is 13.2. The average Bonchev–Trinajstić information content (AvgIpc) is 2.91. The van der Waals surface area contributed by atoms with Crippen molar-refractivity contribution in [3.8, 4) is 6.07 Å². The van der Waals surface area contributed by atoms with Crippen LogP contribution < -0.4 is 5.32 Å². The zero-order valence-corrected chi connectivity index (χ0v) is 28.0. The van der Waals surface area contributed by atoms with Gasteiger partial charge in [0.2, 0.25) is 5.91 Å². The number of nitrogens with zero attached hydrogens (tertiary/aromatic N) is 1. The van der Waals surface area contributed by atoms with E-state index in [1.165, 1.54) is 0 Å². The van der Waals surface area contributed by atoms with Gasteiger partial charge in [-0.15, -0.1) is 0 Å². The molecule has 0 aromatic heterocycles. The number of Topliss-reactive ketones (excluding diaryl/α,β-unsaturated/α-hetero) is 2. The van der Waals surface area contributed by atoms with Crippen LogP contribution >= 0.6 is 0 Å². The summed E-state index contributed by atoms with van der Waals surface area (Å²) in [6.45, 7) is 19.0. The number of alkyl halides is 3. The van der Waals surface area contributed by atoms with Gasteiger partial charge in [0.1, 0.15) is 18.4 Å². The largest absolute Gasteiger partial charge is 0.405 e. The van der Waals surface area contributed by atoms with Crippen LogP contribution in [0.1, 0.15) is 121 Å². The maximum atomic E-state index is 13.8. The second-order valence-electron chi connectivity index (χ2n) is 16.3. The summed E-state index contributed by atoms with van der Waals surface area (Å²) < 4.78 is 39.3. The second kappa shape index (κ2) is 11.3. The number of halogens is 3. The highest BCUT2D eigenvalue weighted by atomic mass is 19.4. The van der Waals surface area contributed by atoms with E-state index in [0.717, 1.165) is 19.3 Å². The Morgan fingerprint density at radius 1 is 1.05 bits per heavy atom. The molecule has 0 aromatic carbocycles. The molecule has 1 amide bonds. The van der Waals surface area contributed by atoms with E-state index >= 15 is 0 Å². The van der Waals surface area contributed by atoms with Crippen LogP contribution in [0.4, 0.5) is 13.2 Å². The minimum Gasteiger partial charge on any atom is -0.347 e. The van der Waals surface area contributed by atoms with Crippen molar-refractivity contribution in [3.63, 3.8) is 0 Å². The quantitative estimate of drug-likeness (QED) is 0.286. The van der Waals surface area contributed by atoms with Gasteiger partial charge < -0.3 is 5.32 Å². The number of rotatable bonds is 9. The Morgan fingerprint density at radius 3 is 2.19 bits per heavy atom. The van der Waals surface area contributed by atoms with Crippen molar-refractivity contribution in [2.75, 3.05) is 6.54 Å². The smallest absolute Gasteiger partial charge is 0.347 e. The maximum absolute atomic E-state index is 13.8. The standard InChI is InChI=1S/C35H53F3N2O3/c1-11-29(3,4)14-15-31(7,28(43)40-21-35(36,37)38)16-17-33(9)22(2)24(41)18-26-32(8)19-23(20-39)27(42)30(5,6)25(32)12-13-34(26,33)10/h19,22,25-26H,11-18,21H2,1-10H3,(H,40,43)/t22?,25?,26-,31+,32+,33-,34-/m1/s1. The Bertz CT molecular complexity index is 1210. The number of allylic oxidation sites excluding steroid dienone is 2. The molecule has 242 valence electrons. The van der Waals surface area contributed by atoms with Gasteiger partial charge in [0.25, 0.3) is 0 Å². The molecule has 0 bridgehead atoms. The van der Waals surface area contributed by atoms with Gasteiger partial charge in [-0.05, 0) is 72.0 Å². The van der Waals surface area contributed by atoms with Crippen molar-refractivity contribution >= 4 is 17.5 Å². The number of carbonyl (C=O) groups excluding carboxylic acids is 3. The summed E-state index contributed by atoms with van der Waals surface area (Å²) in [4.78, 5) is 40.5. The lowest BCUT2D eigenvalue weighted by molar-refractivity contribution is -0.188. The molecule has 2 saturated carbocycles. The lowest BCUT2D eigenvalue weighted by Gasteiger charge is -2.68. The summed E-state index contributed by atoms with van der Waals surface area (Å²) in [5.41, 5.74) is -3.13. The van der Waals surface area contributed by atoms with Crippen LogP contribution in [0.3, 0.4) is 0 Å². The van der Waals surface area contributed by atoms with E-state index in [-0.39, 0.29) is 45.7 Å². The van der Waals surface area contributed by atoms with Crippen molar-refractivity contribution in [2.24, 2.45) is 50.2 Å². The molecule has 7 atom stereocenters. The average molecular weight is 607 g/mol. The molecule has 8 heteroatoms. The third kappa shape index (κ3) is 6.08. The Kier molecular flexibility index (Phi) is 9.30. The predicted molar refractivity (Wildman–Crippen MR) is 162 cm³/mol. The molecule has 0 saturated heterocycles. The van der Waals surface area contributed by atoms with Crippen LogP contribution in [-0.4, -0.2) is 30.2 Å².